The molecule has 4 heteroatoms. The van der Waals surface area contributed by atoms with Crippen LogP contribution in [0, 0.1) is 12.7 Å². The number of rotatable bonds is 5. The number of hydrogen-bond acceptors (Lipinski definition) is 2. The van der Waals surface area contributed by atoms with Gasteiger partial charge in [-0.1, -0.05) is 24.5 Å². The molecule has 0 heterocycles. The summed E-state index contributed by atoms with van der Waals surface area (Å²) in [5.41, 5.74) is 1.02. The van der Waals surface area contributed by atoms with Gasteiger partial charge in [0.1, 0.15) is 5.82 Å². The van der Waals surface area contributed by atoms with E-state index in [2.05, 4.69) is 17.3 Å². The van der Waals surface area contributed by atoms with Crippen LogP contribution in [0.15, 0.2) is 18.2 Å². The predicted molar refractivity (Wildman–Crippen MR) is 78.4 cm³/mol. The Hall–Kier alpha value is -1.42. The van der Waals surface area contributed by atoms with E-state index < -0.39 is 5.82 Å². The van der Waals surface area contributed by atoms with Gasteiger partial charge in [0.2, 0.25) is 0 Å². The molecule has 1 amide bonds. The lowest BCUT2D eigenvalue weighted by molar-refractivity contribution is 0.0943. The van der Waals surface area contributed by atoms with Gasteiger partial charge in [-0.05, 0) is 38.9 Å². The molecule has 1 aromatic rings. The Labute approximate surface area is 120 Å². The van der Waals surface area contributed by atoms with Crippen molar-refractivity contribution in [3.63, 3.8) is 0 Å². The summed E-state index contributed by atoms with van der Waals surface area (Å²) in [4.78, 5) is 14.2. The molecule has 2 rings (SSSR count). The maximum atomic E-state index is 13.6. The first kappa shape index (κ1) is 15.0. The molecule has 0 saturated heterocycles. The molecule has 0 aromatic heterocycles. The lowest BCUT2D eigenvalue weighted by atomic mass is 10.1. The Balaban J connectivity index is 1.81. The molecule has 20 heavy (non-hydrogen) atoms. The van der Waals surface area contributed by atoms with Crippen LogP contribution >= 0.6 is 0 Å². The van der Waals surface area contributed by atoms with E-state index in [0.29, 0.717) is 12.6 Å². The summed E-state index contributed by atoms with van der Waals surface area (Å²) in [6.07, 6.45) is 5.10. The van der Waals surface area contributed by atoms with E-state index in [1.165, 1.54) is 31.7 Å². The lowest BCUT2D eigenvalue weighted by Gasteiger charge is -2.23. The van der Waals surface area contributed by atoms with Crippen molar-refractivity contribution in [2.75, 3.05) is 20.1 Å². The van der Waals surface area contributed by atoms with Crippen molar-refractivity contribution < 1.29 is 9.18 Å². The van der Waals surface area contributed by atoms with Gasteiger partial charge in [0, 0.05) is 19.1 Å². The highest BCUT2D eigenvalue weighted by molar-refractivity contribution is 5.94. The zero-order valence-electron chi connectivity index (χ0n) is 12.3. The van der Waals surface area contributed by atoms with Crippen LogP contribution in [0.3, 0.4) is 0 Å². The van der Waals surface area contributed by atoms with E-state index in [4.69, 9.17) is 0 Å². The van der Waals surface area contributed by atoms with Gasteiger partial charge in [0.25, 0.3) is 5.91 Å². The standard InChI is InChI=1S/C16H23FN2O/c1-12-7-8-15(17)14(11-12)16(20)18-9-10-19(2)13-5-3-4-6-13/h7-8,11,13H,3-6,9-10H2,1-2H3,(H,18,20). The molecule has 0 radical (unpaired) electrons. The molecule has 1 aliphatic rings. The van der Waals surface area contributed by atoms with Crippen molar-refractivity contribution in [2.24, 2.45) is 0 Å². The average molecular weight is 278 g/mol. The summed E-state index contributed by atoms with van der Waals surface area (Å²) >= 11 is 0. The maximum Gasteiger partial charge on any atom is 0.254 e. The number of likely N-dealkylation sites (N-methyl/N-ethyl adjacent to an activating group) is 1. The summed E-state index contributed by atoms with van der Waals surface area (Å²) in [5, 5.41) is 2.80. The first-order valence-corrected chi connectivity index (χ1v) is 7.32. The van der Waals surface area contributed by atoms with Gasteiger partial charge in [0.15, 0.2) is 0 Å². The zero-order chi connectivity index (χ0) is 14.5. The topological polar surface area (TPSA) is 32.3 Å². The van der Waals surface area contributed by atoms with Crippen molar-refractivity contribution in [2.45, 2.75) is 38.6 Å². The second kappa shape index (κ2) is 6.84. The molecular formula is C16H23FN2O. The monoisotopic (exact) mass is 278 g/mol. The van der Waals surface area contributed by atoms with E-state index in [1.807, 2.05) is 6.92 Å². The van der Waals surface area contributed by atoms with Crippen LogP contribution in [0.2, 0.25) is 0 Å². The molecule has 1 saturated carbocycles. The minimum absolute atomic E-state index is 0.133. The number of nitrogens with one attached hydrogen (secondary N) is 1. The van der Waals surface area contributed by atoms with Crippen LogP contribution in [-0.2, 0) is 0 Å². The van der Waals surface area contributed by atoms with Crippen molar-refractivity contribution in [1.82, 2.24) is 10.2 Å². The number of carbonyl (C=O) groups is 1. The first-order valence-electron chi connectivity index (χ1n) is 7.32. The fourth-order valence-corrected chi connectivity index (χ4v) is 2.78. The van der Waals surface area contributed by atoms with Gasteiger partial charge in [0.05, 0.1) is 5.56 Å². The molecule has 1 fully saturated rings. The highest BCUT2D eigenvalue weighted by Gasteiger charge is 2.19. The van der Waals surface area contributed by atoms with E-state index in [-0.39, 0.29) is 11.5 Å². The Bertz CT molecular complexity index is 470. The van der Waals surface area contributed by atoms with Gasteiger partial charge in [-0.3, -0.25) is 4.79 Å². The summed E-state index contributed by atoms with van der Waals surface area (Å²) in [5.74, 6) is -0.789. The number of benzene rings is 1. The number of carbonyl (C=O) groups excluding carboxylic acids is 1. The van der Waals surface area contributed by atoms with Crippen LogP contribution in [0.4, 0.5) is 4.39 Å². The van der Waals surface area contributed by atoms with Crippen LogP contribution in [0.1, 0.15) is 41.6 Å². The van der Waals surface area contributed by atoms with Crippen molar-refractivity contribution in [1.29, 1.82) is 0 Å². The molecule has 0 unspecified atom stereocenters. The third-order valence-corrected chi connectivity index (χ3v) is 4.06. The Morgan fingerprint density at radius 3 is 2.80 bits per heavy atom. The van der Waals surface area contributed by atoms with Crippen molar-refractivity contribution in [3.05, 3.63) is 35.1 Å². The third-order valence-electron chi connectivity index (χ3n) is 4.06. The Morgan fingerprint density at radius 2 is 2.10 bits per heavy atom. The summed E-state index contributed by atoms with van der Waals surface area (Å²) in [6, 6.07) is 5.24. The molecular weight excluding hydrogens is 255 g/mol. The zero-order valence-corrected chi connectivity index (χ0v) is 12.3. The largest absolute Gasteiger partial charge is 0.351 e. The number of amides is 1. The van der Waals surface area contributed by atoms with Crippen LogP contribution in [-0.4, -0.2) is 37.0 Å². The fourth-order valence-electron chi connectivity index (χ4n) is 2.78. The minimum atomic E-state index is -0.461. The van der Waals surface area contributed by atoms with Crippen molar-refractivity contribution >= 4 is 5.91 Å². The quantitative estimate of drug-likeness (QED) is 0.898. The van der Waals surface area contributed by atoms with Gasteiger partial charge in [-0.2, -0.15) is 0 Å². The second-order valence-electron chi connectivity index (χ2n) is 5.66. The minimum Gasteiger partial charge on any atom is -0.351 e. The Kier molecular flexibility index (Phi) is 5.12. The van der Waals surface area contributed by atoms with E-state index in [0.717, 1.165) is 12.1 Å². The van der Waals surface area contributed by atoms with E-state index >= 15 is 0 Å². The van der Waals surface area contributed by atoms with Gasteiger partial charge in [-0.15, -0.1) is 0 Å². The molecule has 1 aliphatic carbocycles. The average Bonchev–Trinajstić information content (AvgIpc) is 2.95. The first-order chi connectivity index (χ1) is 9.58. The number of halogens is 1. The van der Waals surface area contributed by atoms with Gasteiger partial charge in [-0.25, -0.2) is 4.39 Å². The lowest BCUT2D eigenvalue weighted by Crippen LogP contribution is -2.37. The molecule has 0 bridgehead atoms. The summed E-state index contributed by atoms with van der Waals surface area (Å²) in [7, 11) is 2.09. The Morgan fingerprint density at radius 1 is 1.40 bits per heavy atom. The van der Waals surface area contributed by atoms with E-state index in [9.17, 15) is 9.18 Å². The highest BCUT2D eigenvalue weighted by atomic mass is 19.1. The number of hydrogen-bond donors (Lipinski definition) is 1. The smallest absolute Gasteiger partial charge is 0.254 e. The molecule has 3 nitrogen and oxygen atoms in total. The number of aryl methyl sites for hydroxylation is 1. The predicted octanol–water partition coefficient (Wildman–Crippen LogP) is 2.74. The third kappa shape index (κ3) is 3.79. The fraction of sp³-hybridized carbons (Fsp3) is 0.562. The molecule has 1 aromatic carbocycles. The van der Waals surface area contributed by atoms with E-state index in [1.54, 1.807) is 12.1 Å². The molecule has 0 aliphatic heterocycles. The van der Waals surface area contributed by atoms with Gasteiger partial charge < -0.3 is 10.2 Å². The van der Waals surface area contributed by atoms with Crippen LogP contribution < -0.4 is 5.32 Å². The van der Waals surface area contributed by atoms with Crippen LogP contribution in [0.25, 0.3) is 0 Å². The normalized spacial score (nSPS) is 15.8. The highest BCUT2D eigenvalue weighted by Crippen LogP contribution is 2.21. The molecule has 0 spiro atoms. The van der Waals surface area contributed by atoms with Crippen molar-refractivity contribution in [3.8, 4) is 0 Å². The van der Waals surface area contributed by atoms with Crippen LogP contribution in [0.5, 0.6) is 0 Å². The molecule has 110 valence electrons. The molecule has 1 N–H and O–H groups in total. The number of nitrogens with zero attached hydrogens (tertiary/aromatic N) is 1. The second-order valence-corrected chi connectivity index (χ2v) is 5.66. The summed E-state index contributed by atoms with van der Waals surface area (Å²) in [6.45, 7) is 3.22. The maximum absolute atomic E-state index is 13.6. The van der Waals surface area contributed by atoms with Gasteiger partial charge >= 0.3 is 0 Å². The SMILES string of the molecule is Cc1ccc(F)c(C(=O)NCCN(C)C2CCCC2)c1. The molecule has 0 atom stereocenters. The summed E-state index contributed by atoms with van der Waals surface area (Å²) < 4.78 is 13.6.